The third kappa shape index (κ3) is 6.26. The van der Waals surface area contributed by atoms with Crippen molar-refractivity contribution in [3.8, 4) is 6.07 Å². The number of morpholine rings is 1. The van der Waals surface area contributed by atoms with Gasteiger partial charge in [0, 0.05) is 75.8 Å². The summed E-state index contributed by atoms with van der Waals surface area (Å²) in [4.78, 5) is 31.3. The number of carbonyl (C=O) groups is 1. The molecule has 2 aromatic carbocycles. The monoisotopic (exact) mass is 699 g/mol. The molecule has 0 spiro atoms. The lowest BCUT2D eigenvalue weighted by Crippen LogP contribution is -2.56. The van der Waals surface area contributed by atoms with Crippen molar-refractivity contribution in [2.24, 2.45) is 0 Å². The number of nitriles is 1. The van der Waals surface area contributed by atoms with Crippen LogP contribution in [0.1, 0.15) is 42.3 Å². The Bertz CT molecular complexity index is 1950. The molecule has 1 amide bonds. The molecule has 266 valence electrons. The highest BCUT2D eigenvalue weighted by Crippen LogP contribution is 2.46. The number of halogens is 3. The molecule has 0 radical (unpaired) electrons. The van der Waals surface area contributed by atoms with Gasteiger partial charge >= 0.3 is 6.18 Å². The molecule has 5 heterocycles. The van der Waals surface area contributed by atoms with Crippen molar-refractivity contribution in [3.05, 3.63) is 95.3 Å². The summed E-state index contributed by atoms with van der Waals surface area (Å²) in [7, 11) is 0.925. The van der Waals surface area contributed by atoms with Gasteiger partial charge in [-0.15, -0.1) is 0 Å². The van der Waals surface area contributed by atoms with Gasteiger partial charge in [-0.05, 0) is 49.7 Å². The van der Waals surface area contributed by atoms with E-state index in [9.17, 15) is 23.2 Å². The quantitative estimate of drug-likeness (QED) is 0.251. The summed E-state index contributed by atoms with van der Waals surface area (Å²) in [6.07, 6.45) is -3.27. The zero-order chi connectivity index (χ0) is 35.9. The number of amides is 1. The lowest BCUT2D eigenvalue weighted by Gasteiger charge is -2.42. The Balaban J connectivity index is 1.01. The fourth-order valence-corrected chi connectivity index (χ4v) is 7.82. The van der Waals surface area contributed by atoms with Crippen LogP contribution in [0.25, 0.3) is 10.9 Å². The van der Waals surface area contributed by atoms with E-state index in [2.05, 4.69) is 32.7 Å². The minimum atomic E-state index is -4.98. The van der Waals surface area contributed by atoms with Gasteiger partial charge in [0.05, 0.1) is 41.6 Å². The van der Waals surface area contributed by atoms with E-state index in [1.807, 2.05) is 36.4 Å². The second-order valence-electron chi connectivity index (χ2n) is 13.5. The number of carbonyl (C=O) groups excluding carboxylic acids is 1. The number of rotatable bonds is 7. The summed E-state index contributed by atoms with van der Waals surface area (Å²) in [6, 6.07) is 20.2. The fourth-order valence-electron chi connectivity index (χ4n) is 7.82. The van der Waals surface area contributed by atoms with Crippen LogP contribution in [0.15, 0.2) is 72.9 Å². The topological polar surface area (TPSA) is 98.1 Å². The highest BCUT2D eigenvalue weighted by molar-refractivity contribution is 5.95. The fraction of sp³-hybridized carbons (Fsp3) is 0.421. The van der Waals surface area contributed by atoms with Gasteiger partial charge in [0.25, 0.3) is 11.5 Å². The van der Waals surface area contributed by atoms with Gasteiger partial charge < -0.3 is 24.2 Å². The molecule has 51 heavy (non-hydrogen) atoms. The van der Waals surface area contributed by atoms with Gasteiger partial charge in [0.15, 0.2) is 0 Å². The van der Waals surface area contributed by atoms with Crippen LogP contribution in [-0.4, -0.2) is 97.0 Å². The third-order valence-corrected chi connectivity index (χ3v) is 10.4. The number of pyridine rings is 2. The van der Waals surface area contributed by atoms with Crippen LogP contribution in [-0.2, 0) is 26.4 Å². The molecule has 3 aliphatic heterocycles. The predicted octanol–water partition coefficient (Wildman–Crippen LogP) is 5.42. The first kappa shape index (κ1) is 34.7. The number of anilines is 2. The molecule has 2 saturated heterocycles. The molecule has 0 aliphatic carbocycles. The molecule has 0 unspecified atom stereocenters. The summed E-state index contributed by atoms with van der Waals surface area (Å²) in [6.45, 7) is 8.98. The Kier molecular flexibility index (Phi) is 9.34. The van der Waals surface area contributed by atoms with E-state index in [4.69, 9.17) is 14.5 Å². The second-order valence-corrected chi connectivity index (χ2v) is 13.5. The number of piperazine rings is 1. The average Bonchev–Trinajstić information content (AvgIpc) is 3.46. The molecule has 10 nitrogen and oxygen atoms in total. The summed E-state index contributed by atoms with van der Waals surface area (Å²) in [5, 5.41) is 10.5. The molecule has 0 bridgehead atoms. The van der Waals surface area contributed by atoms with Crippen LogP contribution in [0, 0.1) is 11.3 Å². The Morgan fingerprint density at radius 3 is 2.45 bits per heavy atom. The minimum Gasteiger partial charge on any atom is -0.370 e. The van der Waals surface area contributed by atoms with E-state index < -0.39 is 23.7 Å². The van der Waals surface area contributed by atoms with Gasteiger partial charge in [-0.1, -0.05) is 36.4 Å². The highest BCUT2D eigenvalue weighted by Gasteiger charge is 2.64. The molecule has 4 aromatic rings. The van der Waals surface area contributed by atoms with Gasteiger partial charge in [0.2, 0.25) is 0 Å². The van der Waals surface area contributed by atoms with E-state index in [1.54, 1.807) is 19.2 Å². The highest BCUT2D eigenvalue weighted by atomic mass is 19.4. The summed E-state index contributed by atoms with van der Waals surface area (Å²) < 4.78 is 55.5. The van der Waals surface area contributed by atoms with Crippen LogP contribution in [0.2, 0.25) is 0 Å². The van der Waals surface area contributed by atoms with E-state index >= 15 is 0 Å². The number of ether oxygens (including phenoxy) is 2. The number of nitrogens with zero attached hydrogens (tertiary/aromatic N) is 7. The van der Waals surface area contributed by atoms with Crippen molar-refractivity contribution >= 4 is 28.3 Å². The Morgan fingerprint density at radius 2 is 1.75 bits per heavy atom. The Morgan fingerprint density at radius 1 is 0.980 bits per heavy atom. The average molecular weight is 700 g/mol. The number of aromatic nitrogens is 2. The summed E-state index contributed by atoms with van der Waals surface area (Å²) >= 11 is 0. The largest absolute Gasteiger partial charge is 0.430 e. The van der Waals surface area contributed by atoms with Crippen molar-refractivity contribution in [3.63, 3.8) is 0 Å². The number of alkyl halides is 3. The molecule has 2 aromatic heterocycles. The van der Waals surface area contributed by atoms with Crippen LogP contribution < -0.4 is 9.80 Å². The number of benzene rings is 2. The molecule has 0 N–H and O–H groups in total. The number of hydrogen-bond acceptors (Lipinski definition) is 9. The van der Waals surface area contributed by atoms with Crippen LogP contribution in [0.4, 0.5) is 24.7 Å². The molecule has 3 aliphatic rings. The summed E-state index contributed by atoms with van der Waals surface area (Å²) in [5.41, 5.74) is 0.228. The number of fused-ring (bicyclic) bond motifs is 2. The first-order chi connectivity index (χ1) is 24.5. The molecule has 7 rings (SSSR count). The predicted molar refractivity (Wildman–Crippen MR) is 186 cm³/mol. The van der Waals surface area contributed by atoms with Gasteiger partial charge in [-0.25, -0.2) is 4.98 Å². The molecular weight excluding hydrogens is 659 g/mol. The Labute approximate surface area is 295 Å². The van der Waals surface area contributed by atoms with Crippen LogP contribution in [0.3, 0.4) is 0 Å². The molecule has 0 saturated carbocycles. The van der Waals surface area contributed by atoms with Gasteiger partial charge in [-0.2, -0.15) is 18.4 Å². The van der Waals surface area contributed by atoms with E-state index in [1.165, 1.54) is 29.2 Å². The van der Waals surface area contributed by atoms with E-state index in [-0.39, 0.29) is 24.3 Å². The minimum absolute atomic E-state index is 0.0161. The van der Waals surface area contributed by atoms with E-state index in [0.29, 0.717) is 23.3 Å². The first-order valence-electron chi connectivity index (χ1n) is 17.2. The maximum atomic E-state index is 14.7. The maximum Gasteiger partial charge on any atom is 0.430 e. The van der Waals surface area contributed by atoms with Crippen molar-refractivity contribution in [1.82, 2.24) is 19.8 Å². The normalized spacial score (nSPS) is 22.5. The molecule has 4 atom stereocenters. The number of methoxy groups -OCH3 is 1. The first-order valence-corrected chi connectivity index (χ1v) is 17.2. The lowest BCUT2D eigenvalue weighted by atomic mass is 9.90. The molecule has 13 heteroatoms. The van der Waals surface area contributed by atoms with Crippen molar-refractivity contribution in [1.29, 1.82) is 5.26 Å². The zero-order valence-electron chi connectivity index (χ0n) is 28.8. The van der Waals surface area contributed by atoms with Gasteiger partial charge in [-0.3, -0.25) is 14.7 Å². The second kappa shape index (κ2) is 13.7. The van der Waals surface area contributed by atoms with Crippen LogP contribution in [0.5, 0.6) is 0 Å². The Hall–Kier alpha value is -4.77. The van der Waals surface area contributed by atoms with Crippen LogP contribution >= 0.6 is 0 Å². The SMILES string of the molecule is CO[C@@](C(=O)N1Cc2nc(N3CCN(C[C@H]4CN(c5ccc(C#N)c6ncccc56)C[C@@H](C)O4)CC3)ccc2[C@H]1C)(c1ccccc1)C(F)(F)F. The standard InChI is InChI=1S/C38H40F3N7O3/c1-25-21-47(33-13-11-27(20-42)35-31(33)10-7-15-43-35)23-29(51-25)22-45-16-18-46(19-17-45)34-14-12-30-26(2)48(24-32(30)44-34)36(49)37(50-3,38(39,40)41)28-8-5-4-6-9-28/h4-15,25-26,29H,16-19,21-24H2,1-3H3/t25-,26-,29+,37-/m1/s1. The van der Waals surface area contributed by atoms with Crippen molar-refractivity contribution in [2.45, 2.75) is 50.4 Å². The van der Waals surface area contributed by atoms with E-state index in [0.717, 1.165) is 68.8 Å². The number of hydrogen-bond donors (Lipinski definition) is 0. The lowest BCUT2D eigenvalue weighted by molar-refractivity contribution is -0.271. The smallest absolute Gasteiger partial charge is 0.370 e. The summed E-state index contributed by atoms with van der Waals surface area (Å²) in [5.74, 6) is -0.423. The van der Waals surface area contributed by atoms with Gasteiger partial charge in [0.1, 0.15) is 11.9 Å². The van der Waals surface area contributed by atoms with Crippen molar-refractivity contribution in [2.75, 3.05) is 62.7 Å². The van der Waals surface area contributed by atoms with Crippen molar-refractivity contribution < 1.29 is 27.4 Å². The zero-order valence-corrected chi connectivity index (χ0v) is 28.8. The maximum absolute atomic E-state index is 14.7. The third-order valence-electron chi connectivity index (χ3n) is 10.4. The molecule has 2 fully saturated rings. The molecular formula is C38H40F3N7O3.